The molecule has 1 fully saturated rings. The third-order valence-electron chi connectivity index (χ3n) is 3.87. The number of guanidine groups is 1. The summed E-state index contributed by atoms with van der Waals surface area (Å²) in [5, 5.41) is 6.71. The fourth-order valence-electron chi connectivity index (χ4n) is 2.45. The van der Waals surface area contributed by atoms with E-state index in [1.807, 2.05) is 18.2 Å². The Bertz CT molecular complexity index is 600. The number of hydrogen-bond acceptors (Lipinski definition) is 2. The Kier molecular flexibility index (Phi) is 7.14. The van der Waals surface area contributed by atoms with E-state index in [0.717, 1.165) is 61.2 Å². The number of aryl methyl sites for hydroxylation is 1. The Morgan fingerprint density at radius 2 is 2.13 bits per heavy atom. The lowest BCUT2D eigenvalue weighted by atomic mass is 10.3. The third-order valence-corrected chi connectivity index (χ3v) is 3.87. The minimum atomic E-state index is 0. The van der Waals surface area contributed by atoms with E-state index >= 15 is 0 Å². The highest BCUT2D eigenvalue weighted by molar-refractivity contribution is 14.0. The normalized spacial score (nSPS) is 14.6. The highest BCUT2D eigenvalue weighted by Crippen LogP contribution is 2.28. The van der Waals surface area contributed by atoms with Crippen LogP contribution in [0.2, 0.25) is 0 Å². The second kappa shape index (κ2) is 9.10. The van der Waals surface area contributed by atoms with Crippen LogP contribution >= 0.6 is 24.0 Å². The number of imidazole rings is 1. The van der Waals surface area contributed by atoms with E-state index < -0.39 is 0 Å². The van der Waals surface area contributed by atoms with Crippen LogP contribution in [0, 0.1) is 5.92 Å². The van der Waals surface area contributed by atoms with Crippen LogP contribution in [0.3, 0.4) is 0 Å². The van der Waals surface area contributed by atoms with Gasteiger partial charge in [0.05, 0.1) is 11.0 Å². The van der Waals surface area contributed by atoms with Crippen molar-refractivity contribution in [3.05, 3.63) is 30.1 Å². The standard InChI is InChI=1S/C17H25N5.HI/c1-2-18-17(20-12-13-9-10-13)19-11-5-8-16-21-14-6-3-4-7-15(14)22-16;/h3-4,6-7,13H,2,5,8-12H2,1H3,(H,21,22)(H2,18,19,20);1H. The Morgan fingerprint density at radius 1 is 1.30 bits per heavy atom. The molecule has 126 valence electrons. The molecule has 1 aliphatic carbocycles. The summed E-state index contributed by atoms with van der Waals surface area (Å²) in [7, 11) is 0. The topological polar surface area (TPSA) is 65.1 Å². The fraction of sp³-hybridized carbons (Fsp3) is 0.529. The molecule has 1 saturated carbocycles. The number of fused-ring (bicyclic) bond motifs is 1. The molecule has 0 saturated heterocycles. The lowest BCUT2D eigenvalue weighted by Crippen LogP contribution is -2.38. The van der Waals surface area contributed by atoms with Crippen molar-refractivity contribution in [2.75, 3.05) is 19.6 Å². The van der Waals surface area contributed by atoms with Crippen molar-refractivity contribution < 1.29 is 0 Å². The number of aliphatic imine (C=N–C) groups is 1. The first-order chi connectivity index (χ1) is 10.8. The minimum Gasteiger partial charge on any atom is -0.357 e. The molecule has 6 heteroatoms. The van der Waals surface area contributed by atoms with Gasteiger partial charge in [-0.2, -0.15) is 0 Å². The van der Waals surface area contributed by atoms with Crippen molar-refractivity contribution in [1.29, 1.82) is 0 Å². The van der Waals surface area contributed by atoms with Crippen LogP contribution in [0.4, 0.5) is 0 Å². The van der Waals surface area contributed by atoms with Gasteiger partial charge >= 0.3 is 0 Å². The van der Waals surface area contributed by atoms with Crippen molar-refractivity contribution in [2.45, 2.75) is 32.6 Å². The van der Waals surface area contributed by atoms with Crippen molar-refractivity contribution >= 4 is 41.0 Å². The average Bonchev–Trinajstić information content (AvgIpc) is 3.26. The highest BCUT2D eigenvalue weighted by Gasteiger charge is 2.20. The maximum atomic E-state index is 4.63. The Balaban J connectivity index is 0.00000192. The lowest BCUT2D eigenvalue weighted by Gasteiger charge is -2.10. The van der Waals surface area contributed by atoms with E-state index in [1.165, 1.54) is 12.8 Å². The van der Waals surface area contributed by atoms with E-state index in [9.17, 15) is 0 Å². The van der Waals surface area contributed by atoms with Gasteiger partial charge in [0.25, 0.3) is 0 Å². The summed E-state index contributed by atoms with van der Waals surface area (Å²) >= 11 is 0. The van der Waals surface area contributed by atoms with E-state index in [4.69, 9.17) is 0 Å². The van der Waals surface area contributed by atoms with Crippen LogP contribution in [-0.4, -0.2) is 35.6 Å². The molecule has 2 aromatic rings. The number of rotatable bonds is 7. The molecule has 3 N–H and O–H groups in total. The van der Waals surface area contributed by atoms with Crippen molar-refractivity contribution in [3.8, 4) is 0 Å². The zero-order chi connectivity index (χ0) is 15.2. The molecular formula is C17H26IN5. The molecule has 0 aliphatic heterocycles. The Morgan fingerprint density at radius 3 is 2.87 bits per heavy atom. The summed E-state index contributed by atoms with van der Waals surface area (Å²) in [6.07, 6.45) is 4.67. The van der Waals surface area contributed by atoms with Gasteiger partial charge < -0.3 is 15.6 Å². The molecule has 5 nitrogen and oxygen atoms in total. The third kappa shape index (κ3) is 5.67. The van der Waals surface area contributed by atoms with E-state index in [1.54, 1.807) is 0 Å². The van der Waals surface area contributed by atoms with Gasteiger partial charge in [0.15, 0.2) is 5.96 Å². The molecule has 0 bridgehead atoms. The highest BCUT2D eigenvalue weighted by atomic mass is 127. The first-order valence-electron chi connectivity index (χ1n) is 8.31. The van der Waals surface area contributed by atoms with Gasteiger partial charge in [-0.1, -0.05) is 12.1 Å². The molecule has 0 amide bonds. The quantitative estimate of drug-likeness (QED) is 0.276. The maximum Gasteiger partial charge on any atom is 0.191 e. The van der Waals surface area contributed by atoms with Gasteiger partial charge in [-0.3, -0.25) is 4.99 Å². The van der Waals surface area contributed by atoms with Crippen LogP contribution in [0.1, 0.15) is 32.0 Å². The van der Waals surface area contributed by atoms with Gasteiger partial charge in [0.1, 0.15) is 5.82 Å². The number of aromatic amines is 1. The number of nitrogens with one attached hydrogen (secondary N) is 3. The number of para-hydroxylation sites is 2. The Hall–Kier alpha value is -1.31. The fourth-order valence-corrected chi connectivity index (χ4v) is 2.45. The maximum absolute atomic E-state index is 4.63. The van der Waals surface area contributed by atoms with Crippen molar-refractivity contribution in [1.82, 2.24) is 20.6 Å². The van der Waals surface area contributed by atoms with Crippen LogP contribution in [0.15, 0.2) is 29.3 Å². The monoisotopic (exact) mass is 427 g/mol. The molecule has 0 atom stereocenters. The molecule has 1 aromatic heterocycles. The SMILES string of the molecule is CCNC(=NCC1CC1)NCCCc1nc2ccccc2[nH]1.I. The molecule has 23 heavy (non-hydrogen) atoms. The summed E-state index contributed by atoms with van der Waals surface area (Å²) in [6, 6.07) is 8.16. The first kappa shape index (κ1) is 18.0. The van der Waals surface area contributed by atoms with Crippen LogP contribution in [0.25, 0.3) is 11.0 Å². The minimum absolute atomic E-state index is 0. The molecule has 0 spiro atoms. The van der Waals surface area contributed by atoms with E-state index in [0.29, 0.717) is 0 Å². The zero-order valence-corrected chi connectivity index (χ0v) is 16.0. The first-order valence-corrected chi connectivity index (χ1v) is 8.31. The molecular weight excluding hydrogens is 401 g/mol. The van der Waals surface area contributed by atoms with Crippen LogP contribution < -0.4 is 10.6 Å². The summed E-state index contributed by atoms with van der Waals surface area (Å²) in [4.78, 5) is 12.6. The van der Waals surface area contributed by atoms with Crippen molar-refractivity contribution in [3.63, 3.8) is 0 Å². The van der Waals surface area contributed by atoms with Gasteiger partial charge in [-0.05, 0) is 44.2 Å². The lowest BCUT2D eigenvalue weighted by molar-refractivity contribution is 0.722. The second-order valence-electron chi connectivity index (χ2n) is 5.89. The zero-order valence-electron chi connectivity index (χ0n) is 13.6. The van der Waals surface area contributed by atoms with Gasteiger partial charge in [0.2, 0.25) is 0 Å². The van der Waals surface area contributed by atoms with Crippen LogP contribution in [-0.2, 0) is 6.42 Å². The van der Waals surface area contributed by atoms with Crippen molar-refractivity contribution in [2.24, 2.45) is 10.9 Å². The predicted molar refractivity (Wildman–Crippen MR) is 107 cm³/mol. The summed E-state index contributed by atoms with van der Waals surface area (Å²) in [5.74, 6) is 2.83. The number of H-pyrrole nitrogens is 1. The molecule has 0 unspecified atom stereocenters. The van der Waals surface area contributed by atoms with E-state index in [-0.39, 0.29) is 24.0 Å². The number of halogens is 1. The number of hydrogen-bond donors (Lipinski definition) is 3. The van der Waals surface area contributed by atoms with Gasteiger partial charge in [-0.15, -0.1) is 24.0 Å². The molecule has 1 aliphatic rings. The smallest absolute Gasteiger partial charge is 0.191 e. The van der Waals surface area contributed by atoms with Crippen LogP contribution in [0.5, 0.6) is 0 Å². The summed E-state index contributed by atoms with van der Waals surface area (Å²) in [6.45, 7) is 4.87. The predicted octanol–water partition coefficient (Wildman–Crippen LogP) is 3.08. The van der Waals surface area contributed by atoms with Gasteiger partial charge in [-0.25, -0.2) is 4.98 Å². The number of aromatic nitrogens is 2. The van der Waals surface area contributed by atoms with E-state index in [2.05, 4.69) is 38.6 Å². The molecule has 0 radical (unpaired) electrons. The largest absolute Gasteiger partial charge is 0.357 e. The summed E-state index contributed by atoms with van der Waals surface area (Å²) in [5.41, 5.74) is 2.16. The summed E-state index contributed by atoms with van der Waals surface area (Å²) < 4.78 is 0. The molecule has 3 rings (SSSR count). The second-order valence-corrected chi connectivity index (χ2v) is 5.89. The average molecular weight is 427 g/mol. The number of nitrogens with zero attached hydrogens (tertiary/aromatic N) is 2. The molecule has 1 heterocycles. The molecule has 1 aromatic carbocycles. The van der Waals surface area contributed by atoms with Gasteiger partial charge in [0, 0.05) is 26.1 Å². The Labute approximate surface area is 154 Å². The number of benzene rings is 1.